The summed E-state index contributed by atoms with van der Waals surface area (Å²) in [6.45, 7) is 6.01. The first-order chi connectivity index (χ1) is 6.79. The number of amides is 1. The molecular formula is C10H15IN2O2. The summed E-state index contributed by atoms with van der Waals surface area (Å²) in [6, 6.07) is 0. The maximum atomic E-state index is 11.6. The Morgan fingerprint density at radius 2 is 2.27 bits per heavy atom. The molecule has 0 radical (unpaired) electrons. The lowest BCUT2D eigenvalue weighted by molar-refractivity contribution is 0.0340. The van der Waals surface area contributed by atoms with Crippen molar-refractivity contribution in [2.75, 3.05) is 6.54 Å². The molecule has 0 saturated carbocycles. The Morgan fingerprint density at radius 3 is 2.73 bits per heavy atom. The predicted octanol–water partition coefficient (Wildman–Crippen LogP) is 2.57. The Bertz CT molecular complexity index is 307. The van der Waals surface area contributed by atoms with Crippen molar-refractivity contribution in [1.82, 2.24) is 4.90 Å². The van der Waals surface area contributed by atoms with Crippen LogP contribution in [0.15, 0.2) is 12.3 Å². The molecule has 84 valence electrons. The highest BCUT2D eigenvalue weighted by Gasteiger charge is 2.25. The van der Waals surface area contributed by atoms with Gasteiger partial charge in [0, 0.05) is 18.5 Å². The fourth-order valence-electron chi connectivity index (χ4n) is 1.06. The van der Waals surface area contributed by atoms with Crippen LogP contribution < -0.4 is 0 Å². The van der Waals surface area contributed by atoms with Crippen molar-refractivity contribution in [2.24, 2.45) is 0 Å². The summed E-state index contributed by atoms with van der Waals surface area (Å²) in [5, 5.41) is 7.53. The van der Waals surface area contributed by atoms with Crippen molar-refractivity contribution in [1.29, 1.82) is 5.41 Å². The van der Waals surface area contributed by atoms with Gasteiger partial charge in [0.25, 0.3) is 0 Å². The second-order valence-corrected chi connectivity index (χ2v) is 5.87. The molecule has 4 nitrogen and oxygen atoms in total. The molecule has 1 amide bonds. The van der Waals surface area contributed by atoms with Crippen LogP contribution in [0.4, 0.5) is 4.79 Å². The number of carbonyl (C=O) groups excluding carboxylic acids is 1. The summed E-state index contributed by atoms with van der Waals surface area (Å²) in [5.41, 5.74) is 0.0619. The van der Waals surface area contributed by atoms with E-state index < -0.39 is 5.60 Å². The van der Waals surface area contributed by atoms with Gasteiger partial charge in [-0.15, -0.1) is 0 Å². The van der Waals surface area contributed by atoms with Gasteiger partial charge in [0.1, 0.15) is 5.60 Å². The summed E-state index contributed by atoms with van der Waals surface area (Å²) in [6.07, 6.45) is 2.88. The van der Waals surface area contributed by atoms with Crippen molar-refractivity contribution >= 4 is 34.4 Å². The summed E-state index contributed by atoms with van der Waals surface area (Å²) in [4.78, 5) is 13.1. The lowest BCUT2D eigenvalue weighted by Gasteiger charge is -2.28. The fourth-order valence-corrected chi connectivity index (χ4v) is 1.69. The molecule has 0 fully saturated rings. The van der Waals surface area contributed by atoms with Crippen molar-refractivity contribution < 1.29 is 9.53 Å². The number of allylic oxidation sites excluding steroid dienone is 1. The van der Waals surface area contributed by atoms with Gasteiger partial charge in [-0.3, -0.25) is 4.90 Å². The molecule has 0 saturated heterocycles. The molecule has 5 heteroatoms. The first kappa shape index (κ1) is 12.5. The molecule has 1 N–H and O–H groups in total. The third kappa shape index (κ3) is 3.81. The Balaban J connectivity index is 2.63. The molecule has 0 spiro atoms. The molecule has 0 aromatic rings. The number of nitrogens with zero attached hydrogens (tertiary/aromatic N) is 1. The zero-order valence-electron chi connectivity index (χ0n) is 9.08. The SMILES string of the molecule is CC(C)(C)OC(=O)N1C=CC(=N)[C@@H](I)C1. The maximum Gasteiger partial charge on any atom is 0.414 e. The van der Waals surface area contributed by atoms with Crippen molar-refractivity contribution in [3.8, 4) is 0 Å². The zero-order valence-corrected chi connectivity index (χ0v) is 11.2. The lowest BCUT2D eigenvalue weighted by Crippen LogP contribution is -2.40. The van der Waals surface area contributed by atoms with Crippen LogP contribution in [0, 0.1) is 5.41 Å². The first-order valence-electron chi connectivity index (χ1n) is 4.70. The molecular weight excluding hydrogens is 307 g/mol. The van der Waals surface area contributed by atoms with Gasteiger partial charge in [0.15, 0.2) is 0 Å². The van der Waals surface area contributed by atoms with Gasteiger partial charge in [-0.05, 0) is 26.8 Å². The molecule has 1 heterocycles. The minimum Gasteiger partial charge on any atom is -0.443 e. The largest absolute Gasteiger partial charge is 0.443 e. The molecule has 0 aromatic heterocycles. The fraction of sp³-hybridized carbons (Fsp3) is 0.600. The number of hydrogen-bond donors (Lipinski definition) is 1. The number of rotatable bonds is 0. The summed E-state index contributed by atoms with van der Waals surface area (Å²) >= 11 is 2.14. The highest BCUT2D eigenvalue weighted by atomic mass is 127. The van der Waals surface area contributed by atoms with Gasteiger partial charge in [0.05, 0.1) is 3.92 Å². The Morgan fingerprint density at radius 1 is 1.67 bits per heavy atom. The van der Waals surface area contributed by atoms with E-state index in [9.17, 15) is 4.79 Å². The van der Waals surface area contributed by atoms with E-state index in [1.54, 1.807) is 12.3 Å². The predicted molar refractivity (Wildman–Crippen MR) is 67.6 cm³/mol. The van der Waals surface area contributed by atoms with Gasteiger partial charge < -0.3 is 10.1 Å². The second kappa shape index (κ2) is 4.51. The number of carbonyl (C=O) groups is 1. The quantitative estimate of drug-likeness (QED) is 0.550. The van der Waals surface area contributed by atoms with Crippen LogP contribution in [-0.4, -0.2) is 32.8 Å². The molecule has 1 aliphatic rings. The van der Waals surface area contributed by atoms with Crippen LogP contribution >= 0.6 is 22.6 Å². The van der Waals surface area contributed by atoms with Crippen molar-refractivity contribution in [3.63, 3.8) is 0 Å². The highest BCUT2D eigenvalue weighted by molar-refractivity contribution is 14.1. The van der Waals surface area contributed by atoms with Crippen LogP contribution in [0.1, 0.15) is 20.8 Å². The second-order valence-electron chi connectivity index (χ2n) is 4.37. The van der Waals surface area contributed by atoms with E-state index in [1.807, 2.05) is 20.8 Å². The Labute approximate surface area is 103 Å². The minimum absolute atomic E-state index is 0.0418. The van der Waals surface area contributed by atoms with Gasteiger partial charge in [-0.2, -0.15) is 0 Å². The van der Waals surface area contributed by atoms with Crippen molar-refractivity contribution in [3.05, 3.63) is 12.3 Å². The molecule has 0 aromatic carbocycles. The smallest absolute Gasteiger partial charge is 0.414 e. The van der Waals surface area contributed by atoms with Crippen LogP contribution in [0.2, 0.25) is 0 Å². The number of nitrogens with one attached hydrogen (secondary N) is 1. The average Bonchev–Trinajstić information content (AvgIpc) is 2.06. The number of ether oxygens (including phenoxy) is 1. The maximum absolute atomic E-state index is 11.6. The first-order valence-corrected chi connectivity index (χ1v) is 5.94. The lowest BCUT2D eigenvalue weighted by atomic mass is 10.2. The molecule has 0 aliphatic carbocycles. The monoisotopic (exact) mass is 322 g/mol. The molecule has 1 aliphatic heterocycles. The van der Waals surface area contributed by atoms with E-state index in [1.165, 1.54) is 4.90 Å². The third-order valence-electron chi connectivity index (χ3n) is 1.76. The van der Waals surface area contributed by atoms with Crippen LogP contribution in [0.5, 0.6) is 0 Å². The van der Waals surface area contributed by atoms with E-state index in [0.29, 0.717) is 12.3 Å². The van der Waals surface area contributed by atoms with Crippen molar-refractivity contribution in [2.45, 2.75) is 30.3 Å². The van der Waals surface area contributed by atoms with Gasteiger partial charge in [-0.1, -0.05) is 22.6 Å². The van der Waals surface area contributed by atoms with E-state index in [-0.39, 0.29) is 10.0 Å². The molecule has 0 unspecified atom stereocenters. The topological polar surface area (TPSA) is 53.4 Å². The average molecular weight is 322 g/mol. The van der Waals surface area contributed by atoms with Crippen LogP contribution in [-0.2, 0) is 4.74 Å². The van der Waals surface area contributed by atoms with E-state index >= 15 is 0 Å². The summed E-state index contributed by atoms with van der Waals surface area (Å²) < 4.78 is 5.26. The normalized spacial score (nSPS) is 21.7. The van der Waals surface area contributed by atoms with Gasteiger partial charge in [0.2, 0.25) is 0 Å². The van der Waals surface area contributed by atoms with E-state index in [4.69, 9.17) is 10.1 Å². The van der Waals surface area contributed by atoms with Gasteiger partial charge >= 0.3 is 6.09 Å². The van der Waals surface area contributed by atoms with E-state index in [2.05, 4.69) is 22.6 Å². The molecule has 1 rings (SSSR count). The van der Waals surface area contributed by atoms with Gasteiger partial charge in [-0.25, -0.2) is 4.79 Å². The zero-order chi connectivity index (χ0) is 11.6. The van der Waals surface area contributed by atoms with Crippen LogP contribution in [0.3, 0.4) is 0 Å². The Hall–Kier alpha value is -0.590. The number of halogens is 1. The summed E-state index contributed by atoms with van der Waals surface area (Å²) in [7, 11) is 0. The number of hydrogen-bond acceptors (Lipinski definition) is 3. The molecule has 15 heavy (non-hydrogen) atoms. The number of alkyl halides is 1. The minimum atomic E-state index is -0.476. The molecule has 1 atom stereocenters. The standard InChI is InChI=1S/C10H15IN2O2/c1-10(2,3)15-9(14)13-5-4-8(12)7(11)6-13/h4-5,7,12H,6H2,1-3H3/t7-/m0/s1. The molecule has 0 bridgehead atoms. The summed E-state index contributed by atoms with van der Waals surface area (Å²) in [5.74, 6) is 0. The van der Waals surface area contributed by atoms with E-state index in [0.717, 1.165) is 0 Å². The highest BCUT2D eigenvalue weighted by Crippen LogP contribution is 2.16. The third-order valence-corrected chi connectivity index (χ3v) is 2.82. The van der Waals surface area contributed by atoms with Crippen LogP contribution in [0.25, 0.3) is 0 Å². The Kier molecular flexibility index (Phi) is 3.75.